The lowest BCUT2D eigenvalue weighted by Crippen LogP contribution is -2.33. The maximum absolute atomic E-state index is 14.0. The Labute approximate surface area is 143 Å². The molecule has 0 N–H and O–H groups in total. The topological polar surface area (TPSA) is 36.4 Å². The summed E-state index contributed by atoms with van der Waals surface area (Å²) < 4.78 is 14.0. The first-order chi connectivity index (χ1) is 11.5. The van der Waals surface area contributed by atoms with E-state index < -0.39 is 0 Å². The van der Waals surface area contributed by atoms with Crippen LogP contribution in [0.3, 0.4) is 0 Å². The van der Waals surface area contributed by atoms with Gasteiger partial charge in [0.05, 0.1) is 0 Å². The van der Waals surface area contributed by atoms with Gasteiger partial charge in [-0.2, -0.15) is 0 Å². The predicted molar refractivity (Wildman–Crippen MR) is 91.1 cm³/mol. The average Bonchev–Trinajstić information content (AvgIpc) is 3.08. The molecule has 1 saturated carbocycles. The van der Waals surface area contributed by atoms with Gasteiger partial charge in [0.25, 0.3) is 0 Å². The van der Waals surface area contributed by atoms with Crippen LogP contribution in [0, 0.1) is 29.0 Å². The molecule has 1 aromatic heterocycles. The zero-order valence-electron chi connectivity index (χ0n) is 14.5. The minimum atomic E-state index is -0.239. The Morgan fingerprint density at radius 2 is 1.88 bits per heavy atom. The first kappa shape index (κ1) is 15.9. The molecule has 2 saturated heterocycles. The SMILES string of the molecule is CC1(C)CC1C(=O)N1C[C@H]2CCN(c3ncccc3F)CC[C@H]2C1. The Morgan fingerprint density at radius 3 is 2.42 bits per heavy atom. The number of fused-ring (bicyclic) bond motifs is 1. The number of likely N-dealkylation sites (tertiary alicyclic amines) is 1. The van der Waals surface area contributed by atoms with Gasteiger partial charge >= 0.3 is 0 Å². The summed E-state index contributed by atoms with van der Waals surface area (Å²) in [5.74, 6) is 1.93. The molecule has 1 unspecified atom stereocenters. The number of pyridine rings is 1. The van der Waals surface area contributed by atoms with Crippen molar-refractivity contribution in [3.63, 3.8) is 0 Å². The van der Waals surface area contributed by atoms with E-state index in [1.54, 1.807) is 12.3 Å². The Kier molecular flexibility index (Phi) is 3.77. The zero-order chi connectivity index (χ0) is 16.9. The molecule has 1 amide bonds. The first-order valence-corrected chi connectivity index (χ1v) is 9.10. The molecule has 2 aliphatic heterocycles. The summed E-state index contributed by atoms with van der Waals surface area (Å²) >= 11 is 0. The molecule has 3 heterocycles. The van der Waals surface area contributed by atoms with E-state index in [0.29, 0.717) is 23.6 Å². The van der Waals surface area contributed by atoms with Crippen LogP contribution in [0.25, 0.3) is 0 Å². The molecule has 5 heteroatoms. The van der Waals surface area contributed by atoms with E-state index in [-0.39, 0.29) is 17.2 Å². The highest BCUT2D eigenvalue weighted by Gasteiger charge is 2.53. The van der Waals surface area contributed by atoms with E-state index in [2.05, 4.69) is 28.6 Å². The molecule has 24 heavy (non-hydrogen) atoms. The fourth-order valence-electron chi connectivity index (χ4n) is 4.46. The molecule has 0 bridgehead atoms. The monoisotopic (exact) mass is 331 g/mol. The molecular weight excluding hydrogens is 305 g/mol. The van der Waals surface area contributed by atoms with Crippen LogP contribution in [0.15, 0.2) is 18.3 Å². The molecule has 0 aromatic carbocycles. The lowest BCUT2D eigenvalue weighted by Gasteiger charge is -2.23. The van der Waals surface area contributed by atoms with Crippen LogP contribution in [0.4, 0.5) is 10.2 Å². The van der Waals surface area contributed by atoms with Gasteiger partial charge in [0.2, 0.25) is 5.91 Å². The molecule has 1 aliphatic carbocycles. The van der Waals surface area contributed by atoms with Crippen LogP contribution in [-0.2, 0) is 4.79 Å². The van der Waals surface area contributed by atoms with Crippen molar-refractivity contribution < 1.29 is 9.18 Å². The summed E-state index contributed by atoms with van der Waals surface area (Å²) in [7, 11) is 0. The summed E-state index contributed by atoms with van der Waals surface area (Å²) in [6.45, 7) is 7.79. The molecule has 3 atom stereocenters. The average molecular weight is 331 g/mol. The van der Waals surface area contributed by atoms with Gasteiger partial charge in [0.15, 0.2) is 11.6 Å². The molecule has 3 aliphatic rings. The van der Waals surface area contributed by atoms with Gasteiger partial charge in [-0.3, -0.25) is 4.79 Å². The van der Waals surface area contributed by atoms with Crippen molar-refractivity contribution in [2.24, 2.45) is 23.2 Å². The van der Waals surface area contributed by atoms with Gasteiger partial charge < -0.3 is 9.80 Å². The van der Waals surface area contributed by atoms with Gasteiger partial charge in [-0.15, -0.1) is 0 Å². The second kappa shape index (κ2) is 5.71. The van der Waals surface area contributed by atoms with Crippen molar-refractivity contribution in [2.75, 3.05) is 31.1 Å². The highest BCUT2D eigenvalue weighted by molar-refractivity contribution is 5.82. The Bertz CT molecular complexity index is 631. The quantitative estimate of drug-likeness (QED) is 0.836. The third-order valence-corrected chi connectivity index (χ3v) is 6.28. The fourth-order valence-corrected chi connectivity index (χ4v) is 4.46. The van der Waals surface area contributed by atoms with Crippen LogP contribution in [0.2, 0.25) is 0 Å². The van der Waals surface area contributed by atoms with Gasteiger partial charge in [-0.05, 0) is 48.6 Å². The number of aromatic nitrogens is 1. The number of carbonyl (C=O) groups is 1. The minimum absolute atomic E-state index is 0.203. The molecular formula is C19H26FN3O. The van der Waals surface area contributed by atoms with Crippen molar-refractivity contribution >= 4 is 11.7 Å². The van der Waals surface area contributed by atoms with Crippen LogP contribution in [0.5, 0.6) is 0 Å². The zero-order valence-corrected chi connectivity index (χ0v) is 14.5. The third kappa shape index (κ3) is 2.78. The molecule has 130 valence electrons. The van der Waals surface area contributed by atoms with Crippen LogP contribution >= 0.6 is 0 Å². The van der Waals surface area contributed by atoms with Gasteiger partial charge in [0.1, 0.15) is 0 Å². The van der Waals surface area contributed by atoms with Crippen molar-refractivity contribution in [2.45, 2.75) is 33.1 Å². The summed E-state index contributed by atoms with van der Waals surface area (Å²) in [6.07, 6.45) is 4.71. The number of hydrogen-bond acceptors (Lipinski definition) is 3. The van der Waals surface area contributed by atoms with Crippen molar-refractivity contribution in [3.05, 3.63) is 24.1 Å². The van der Waals surface area contributed by atoms with E-state index in [9.17, 15) is 9.18 Å². The molecule has 3 fully saturated rings. The van der Waals surface area contributed by atoms with E-state index in [0.717, 1.165) is 45.4 Å². The van der Waals surface area contributed by atoms with E-state index in [4.69, 9.17) is 0 Å². The Hall–Kier alpha value is -1.65. The number of anilines is 1. The largest absolute Gasteiger partial charge is 0.354 e. The number of carbonyl (C=O) groups excluding carboxylic acids is 1. The van der Waals surface area contributed by atoms with Gasteiger partial charge in [-0.25, -0.2) is 9.37 Å². The summed E-state index contributed by atoms with van der Waals surface area (Å²) in [4.78, 5) is 21.0. The lowest BCUT2D eigenvalue weighted by atomic mass is 9.92. The maximum atomic E-state index is 14.0. The first-order valence-electron chi connectivity index (χ1n) is 9.10. The van der Waals surface area contributed by atoms with E-state index in [1.165, 1.54) is 6.07 Å². The third-order valence-electron chi connectivity index (χ3n) is 6.28. The van der Waals surface area contributed by atoms with Gasteiger partial charge in [-0.1, -0.05) is 13.8 Å². The van der Waals surface area contributed by atoms with Crippen molar-refractivity contribution in [1.29, 1.82) is 0 Å². The molecule has 4 nitrogen and oxygen atoms in total. The summed E-state index contributed by atoms with van der Waals surface area (Å²) in [5.41, 5.74) is 0.203. The number of nitrogens with zero attached hydrogens (tertiary/aromatic N) is 3. The predicted octanol–water partition coefficient (Wildman–Crippen LogP) is 2.94. The van der Waals surface area contributed by atoms with E-state index in [1.807, 2.05) is 0 Å². The highest BCUT2D eigenvalue weighted by Crippen LogP contribution is 2.53. The second-order valence-electron chi connectivity index (χ2n) is 8.38. The fraction of sp³-hybridized carbons (Fsp3) is 0.684. The summed E-state index contributed by atoms with van der Waals surface area (Å²) in [6, 6.07) is 3.11. The maximum Gasteiger partial charge on any atom is 0.226 e. The second-order valence-corrected chi connectivity index (χ2v) is 8.38. The number of halogens is 1. The summed E-state index contributed by atoms with van der Waals surface area (Å²) in [5, 5.41) is 0. The highest BCUT2D eigenvalue weighted by atomic mass is 19.1. The van der Waals surface area contributed by atoms with Crippen LogP contribution in [0.1, 0.15) is 33.1 Å². The van der Waals surface area contributed by atoms with E-state index >= 15 is 0 Å². The van der Waals surface area contributed by atoms with Crippen molar-refractivity contribution in [3.8, 4) is 0 Å². The number of hydrogen-bond donors (Lipinski definition) is 0. The van der Waals surface area contributed by atoms with Crippen LogP contribution in [-0.4, -0.2) is 42.0 Å². The smallest absolute Gasteiger partial charge is 0.226 e. The molecule has 0 spiro atoms. The lowest BCUT2D eigenvalue weighted by molar-refractivity contribution is -0.132. The standard InChI is InChI=1S/C19H26FN3O/c1-19(2)10-15(19)18(24)23-11-13-5-8-22(9-6-14(13)12-23)17-16(20)4-3-7-21-17/h3-4,7,13-15H,5-6,8-12H2,1-2H3/t13-,14+,15?. The minimum Gasteiger partial charge on any atom is -0.354 e. The Morgan fingerprint density at radius 1 is 1.25 bits per heavy atom. The Balaban J connectivity index is 1.39. The normalized spacial score (nSPS) is 31.5. The molecule has 4 rings (SSSR count). The molecule has 0 radical (unpaired) electrons. The van der Waals surface area contributed by atoms with Crippen molar-refractivity contribution in [1.82, 2.24) is 9.88 Å². The number of rotatable bonds is 2. The number of amides is 1. The van der Waals surface area contributed by atoms with Gasteiger partial charge in [0, 0.05) is 38.3 Å². The van der Waals surface area contributed by atoms with Crippen LogP contribution < -0.4 is 4.90 Å². The molecule has 1 aromatic rings.